The Bertz CT molecular complexity index is 424. The number of hydrogen-bond acceptors (Lipinski definition) is 5. The molecule has 17 heavy (non-hydrogen) atoms. The van der Waals surface area contributed by atoms with E-state index in [1.54, 1.807) is 6.92 Å². The first-order chi connectivity index (χ1) is 8.01. The van der Waals surface area contributed by atoms with Gasteiger partial charge in [0.25, 0.3) is 6.43 Å². The van der Waals surface area contributed by atoms with Gasteiger partial charge in [0.2, 0.25) is 0 Å². The summed E-state index contributed by atoms with van der Waals surface area (Å²) in [5.41, 5.74) is 10.3. The number of ether oxygens (including phenoxy) is 1. The third-order valence-electron chi connectivity index (χ3n) is 2.10. The van der Waals surface area contributed by atoms with E-state index in [9.17, 15) is 13.6 Å². The molecule has 1 heterocycles. The molecule has 0 atom stereocenters. The summed E-state index contributed by atoms with van der Waals surface area (Å²) in [6.45, 7) is 1.63. The van der Waals surface area contributed by atoms with E-state index in [1.165, 1.54) is 6.07 Å². The maximum Gasteiger partial charge on any atom is 0.357 e. The van der Waals surface area contributed by atoms with Crippen LogP contribution in [0.4, 0.5) is 14.6 Å². The largest absolute Gasteiger partial charge is 0.461 e. The van der Waals surface area contributed by atoms with Crippen molar-refractivity contribution in [3.8, 4) is 0 Å². The highest BCUT2D eigenvalue weighted by Gasteiger charge is 2.20. The predicted octanol–water partition coefficient (Wildman–Crippen LogP) is 1.24. The molecule has 4 N–H and O–H groups in total. The van der Waals surface area contributed by atoms with Crippen molar-refractivity contribution in [2.45, 2.75) is 19.9 Å². The smallest absolute Gasteiger partial charge is 0.357 e. The van der Waals surface area contributed by atoms with Crippen LogP contribution in [0.2, 0.25) is 0 Å². The fourth-order valence-corrected chi connectivity index (χ4v) is 1.36. The number of esters is 1. The monoisotopic (exact) mass is 245 g/mol. The molecule has 5 nitrogen and oxygen atoms in total. The molecule has 0 aliphatic heterocycles. The molecule has 0 saturated heterocycles. The molecule has 0 unspecified atom stereocenters. The Labute approximate surface area is 96.8 Å². The average molecular weight is 245 g/mol. The number of carbonyl (C=O) groups is 1. The van der Waals surface area contributed by atoms with E-state index in [-0.39, 0.29) is 24.4 Å². The second kappa shape index (κ2) is 5.53. The molecule has 0 spiro atoms. The molecular weight excluding hydrogens is 232 g/mol. The van der Waals surface area contributed by atoms with Crippen molar-refractivity contribution in [2.75, 3.05) is 12.3 Å². The Morgan fingerprint density at radius 1 is 1.59 bits per heavy atom. The van der Waals surface area contributed by atoms with Gasteiger partial charge in [-0.15, -0.1) is 0 Å². The van der Waals surface area contributed by atoms with Gasteiger partial charge in [-0.25, -0.2) is 18.6 Å². The van der Waals surface area contributed by atoms with E-state index < -0.39 is 23.8 Å². The molecule has 0 aliphatic rings. The minimum atomic E-state index is -2.78. The standard InChI is InChI=1S/C10H13F2N3O2/c1-2-17-10(16)6-3-5(4-13)7(8(11)12)9(14)15-6/h3,8H,2,4,13H2,1H3,(H2,14,15). The number of nitrogens with two attached hydrogens (primary N) is 2. The second-order valence-corrected chi connectivity index (χ2v) is 3.19. The van der Waals surface area contributed by atoms with Gasteiger partial charge >= 0.3 is 5.97 Å². The third-order valence-corrected chi connectivity index (χ3v) is 2.10. The summed E-state index contributed by atoms with van der Waals surface area (Å²) < 4.78 is 30.0. The van der Waals surface area contributed by atoms with Crippen molar-refractivity contribution in [3.63, 3.8) is 0 Å². The van der Waals surface area contributed by atoms with Gasteiger partial charge in [0.15, 0.2) is 5.69 Å². The van der Waals surface area contributed by atoms with Crippen molar-refractivity contribution in [1.29, 1.82) is 0 Å². The Kier molecular flexibility index (Phi) is 4.33. The van der Waals surface area contributed by atoms with Gasteiger partial charge in [0, 0.05) is 6.54 Å². The lowest BCUT2D eigenvalue weighted by molar-refractivity contribution is 0.0519. The Morgan fingerprint density at radius 2 is 2.24 bits per heavy atom. The number of hydrogen-bond donors (Lipinski definition) is 2. The Morgan fingerprint density at radius 3 is 2.71 bits per heavy atom. The highest BCUT2D eigenvalue weighted by atomic mass is 19.3. The zero-order valence-electron chi connectivity index (χ0n) is 9.24. The lowest BCUT2D eigenvalue weighted by Gasteiger charge is -2.11. The van der Waals surface area contributed by atoms with Crippen molar-refractivity contribution in [1.82, 2.24) is 4.98 Å². The van der Waals surface area contributed by atoms with Gasteiger partial charge < -0.3 is 16.2 Å². The normalized spacial score (nSPS) is 10.6. The van der Waals surface area contributed by atoms with Gasteiger partial charge in [-0.05, 0) is 18.6 Å². The number of halogens is 2. The van der Waals surface area contributed by atoms with Crippen molar-refractivity contribution < 1.29 is 18.3 Å². The minimum absolute atomic E-state index is 0.0931. The number of pyridine rings is 1. The van der Waals surface area contributed by atoms with Crippen LogP contribution in [0, 0.1) is 0 Å². The second-order valence-electron chi connectivity index (χ2n) is 3.19. The predicted molar refractivity (Wildman–Crippen MR) is 57.5 cm³/mol. The van der Waals surface area contributed by atoms with Crippen LogP contribution < -0.4 is 11.5 Å². The summed E-state index contributed by atoms with van der Waals surface area (Å²) in [6, 6.07) is 1.18. The molecule has 0 fully saturated rings. The Hall–Kier alpha value is -1.76. The highest BCUT2D eigenvalue weighted by Crippen LogP contribution is 2.28. The summed E-state index contributed by atoms with van der Waals surface area (Å²) in [6.07, 6.45) is -2.78. The third kappa shape index (κ3) is 2.88. The first-order valence-electron chi connectivity index (χ1n) is 4.95. The Balaban J connectivity index is 3.22. The fourth-order valence-electron chi connectivity index (χ4n) is 1.36. The highest BCUT2D eigenvalue weighted by molar-refractivity contribution is 5.88. The topological polar surface area (TPSA) is 91.2 Å². The van der Waals surface area contributed by atoms with Gasteiger partial charge in [-0.1, -0.05) is 0 Å². The fraction of sp³-hybridized carbons (Fsp3) is 0.400. The summed E-state index contributed by atoms with van der Waals surface area (Å²) in [4.78, 5) is 15.0. The van der Waals surface area contributed by atoms with Gasteiger partial charge in [0.1, 0.15) is 5.82 Å². The van der Waals surface area contributed by atoms with Crippen LogP contribution >= 0.6 is 0 Å². The molecule has 0 radical (unpaired) electrons. The molecule has 1 rings (SSSR count). The molecule has 0 bridgehead atoms. The summed E-state index contributed by atoms with van der Waals surface area (Å²) in [7, 11) is 0. The van der Waals surface area contributed by atoms with Gasteiger partial charge in [-0.2, -0.15) is 0 Å². The molecule has 0 saturated carbocycles. The molecule has 1 aromatic heterocycles. The summed E-state index contributed by atoms with van der Waals surface area (Å²) >= 11 is 0. The zero-order chi connectivity index (χ0) is 13.0. The maximum atomic E-state index is 12.7. The van der Waals surface area contributed by atoms with E-state index in [4.69, 9.17) is 16.2 Å². The van der Waals surface area contributed by atoms with Crippen LogP contribution in [0.25, 0.3) is 0 Å². The first-order valence-corrected chi connectivity index (χ1v) is 4.95. The van der Waals surface area contributed by atoms with Crippen LogP contribution in [0.1, 0.15) is 35.0 Å². The van der Waals surface area contributed by atoms with E-state index in [0.717, 1.165) is 0 Å². The number of aromatic nitrogens is 1. The van der Waals surface area contributed by atoms with Crippen LogP contribution in [-0.4, -0.2) is 17.6 Å². The van der Waals surface area contributed by atoms with Crippen LogP contribution in [0.5, 0.6) is 0 Å². The number of anilines is 1. The number of nitrogen functional groups attached to an aromatic ring is 1. The van der Waals surface area contributed by atoms with E-state index in [0.29, 0.717) is 0 Å². The van der Waals surface area contributed by atoms with Crippen molar-refractivity contribution in [3.05, 3.63) is 22.9 Å². The summed E-state index contributed by atoms with van der Waals surface area (Å²) in [5.74, 6) is -1.11. The molecule has 0 amide bonds. The lowest BCUT2D eigenvalue weighted by atomic mass is 10.1. The average Bonchev–Trinajstić information content (AvgIpc) is 2.27. The number of nitrogens with zero attached hydrogens (tertiary/aromatic N) is 1. The lowest BCUT2D eigenvalue weighted by Crippen LogP contribution is -2.14. The molecule has 94 valence electrons. The van der Waals surface area contributed by atoms with Crippen LogP contribution in [0.3, 0.4) is 0 Å². The maximum absolute atomic E-state index is 12.7. The zero-order valence-corrected chi connectivity index (χ0v) is 9.24. The number of alkyl halides is 2. The van der Waals surface area contributed by atoms with E-state index in [2.05, 4.69) is 4.98 Å². The molecular formula is C10H13F2N3O2. The minimum Gasteiger partial charge on any atom is -0.461 e. The van der Waals surface area contributed by atoms with Crippen molar-refractivity contribution >= 4 is 11.8 Å². The number of carbonyl (C=O) groups excluding carboxylic acids is 1. The first kappa shape index (κ1) is 13.3. The quantitative estimate of drug-likeness (QED) is 0.778. The van der Waals surface area contributed by atoms with Crippen LogP contribution in [-0.2, 0) is 11.3 Å². The molecule has 7 heteroatoms. The summed E-state index contributed by atoms with van der Waals surface area (Å²) in [5, 5.41) is 0. The molecule has 0 aliphatic carbocycles. The van der Waals surface area contributed by atoms with Gasteiger partial charge in [-0.3, -0.25) is 0 Å². The van der Waals surface area contributed by atoms with Crippen molar-refractivity contribution in [2.24, 2.45) is 5.73 Å². The SMILES string of the molecule is CCOC(=O)c1cc(CN)c(C(F)F)c(N)n1. The van der Waals surface area contributed by atoms with E-state index in [1.807, 2.05) is 0 Å². The molecule has 0 aromatic carbocycles. The van der Waals surface area contributed by atoms with Gasteiger partial charge in [0.05, 0.1) is 12.2 Å². The number of rotatable bonds is 4. The molecule has 1 aromatic rings. The van der Waals surface area contributed by atoms with E-state index >= 15 is 0 Å². The van der Waals surface area contributed by atoms with Crippen LogP contribution in [0.15, 0.2) is 6.07 Å².